The van der Waals surface area contributed by atoms with E-state index in [0.717, 1.165) is 12.6 Å². The fourth-order valence-electron chi connectivity index (χ4n) is 1.69. The molecule has 0 spiro atoms. The fraction of sp³-hybridized carbons (Fsp3) is 0.429. The van der Waals surface area contributed by atoms with E-state index in [-0.39, 0.29) is 5.69 Å². The van der Waals surface area contributed by atoms with Crippen molar-refractivity contribution in [2.45, 2.75) is 12.6 Å². The van der Waals surface area contributed by atoms with Crippen molar-refractivity contribution in [2.24, 2.45) is 0 Å². The molecule has 0 bridgehead atoms. The van der Waals surface area contributed by atoms with Crippen LogP contribution in [0.15, 0.2) is 18.2 Å². The van der Waals surface area contributed by atoms with Crippen LogP contribution >= 0.6 is 11.6 Å². The summed E-state index contributed by atoms with van der Waals surface area (Å²) in [5, 5.41) is 4.02. The van der Waals surface area contributed by atoms with E-state index in [1.54, 1.807) is 0 Å². The molecule has 9 heteroatoms. The number of anilines is 1. The maximum Gasteiger partial charge on any atom is 0.417 e. The van der Waals surface area contributed by atoms with Gasteiger partial charge in [0.1, 0.15) is 0 Å². The van der Waals surface area contributed by atoms with Gasteiger partial charge in [-0.05, 0) is 45.3 Å². The quantitative estimate of drug-likeness (QED) is 0.632. The Morgan fingerprint density at radius 3 is 2.43 bits per heavy atom. The predicted octanol–water partition coefficient (Wildman–Crippen LogP) is 2.37. The number of alkyl halides is 3. The first kappa shape index (κ1) is 19.2. The highest BCUT2D eigenvalue weighted by atomic mass is 35.5. The monoisotopic (exact) mass is 351 g/mol. The van der Waals surface area contributed by atoms with Gasteiger partial charge in [-0.15, -0.1) is 0 Å². The number of nitrogens with one attached hydrogen (secondary N) is 2. The summed E-state index contributed by atoms with van der Waals surface area (Å²) in [4.78, 5) is 25.1. The van der Waals surface area contributed by atoms with Crippen molar-refractivity contribution >= 4 is 29.1 Å². The summed E-state index contributed by atoms with van der Waals surface area (Å²) < 4.78 is 38.1. The van der Waals surface area contributed by atoms with Crippen molar-refractivity contribution < 1.29 is 22.8 Å². The van der Waals surface area contributed by atoms with Gasteiger partial charge < -0.3 is 15.5 Å². The summed E-state index contributed by atoms with van der Waals surface area (Å²) in [5.41, 5.74) is -1.24. The van der Waals surface area contributed by atoms with Gasteiger partial charge in [-0.2, -0.15) is 13.2 Å². The van der Waals surface area contributed by atoms with Gasteiger partial charge in [0.15, 0.2) is 0 Å². The molecular formula is C14H17ClF3N3O2. The summed E-state index contributed by atoms with van der Waals surface area (Å²) in [6.45, 7) is 1.02. The van der Waals surface area contributed by atoms with Gasteiger partial charge in [-0.25, -0.2) is 0 Å². The molecule has 23 heavy (non-hydrogen) atoms. The number of carbonyl (C=O) groups is 2. The van der Waals surface area contributed by atoms with Crippen molar-refractivity contribution in [3.63, 3.8) is 0 Å². The topological polar surface area (TPSA) is 61.4 Å². The highest BCUT2D eigenvalue weighted by molar-refractivity contribution is 6.39. The molecular weight excluding hydrogens is 335 g/mol. The Labute approximate surface area is 136 Å². The first-order valence-corrected chi connectivity index (χ1v) is 7.09. The standard InChI is InChI=1S/C14H17ClF3N3O2/c1-21(2)7-3-6-19-12(22)13(23)20-9-4-5-11(15)10(8-9)14(16,17)18/h4-5,8H,3,6-7H2,1-2H3,(H,19,22)(H,20,23). The molecule has 128 valence electrons. The average molecular weight is 352 g/mol. The van der Waals surface area contributed by atoms with E-state index in [1.807, 2.05) is 19.0 Å². The number of nitrogens with zero attached hydrogens (tertiary/aromatic N) is 1. The van der Waals surface area contributed by atoms with Crippen LogP contribution in [-0.2, 0) is 15.8 Å². The van der Waals surface area contributed by atoms with Crippen LogP contribution in [-0.4, -0.2) is 43.9 Å². The zero-order chi connectivity index (χ0) is 17.6. The van der Waals surface area contributed by atoms with E-state index in [0.29, 0.717) is 19.0 Å². The van der Waals surface area contributed by atoms with Crippen LogP contribution in [0.5, 0.6) is 0 Å². The molecule has 1 aromatic rings. The summed E-state index contributed by atoms with van der Waals surface area (Å²) >= 11 is 5.47. The molecule has 2 amide bonds. The molecule has 0 saturated heterocycles. The van der Waals surface area contributed by atoms with Crippen molar-refractivity contribution in [1.29, 1.82) is 0 Å². The SMILES string of the molecule is CN(C)CCCNC(=O)C(=O)Nc1ccc(Cl)c(C(F)(F)F)c1. The molecule has 0 unspecified atom stereocenters. The Kier molecular flexibility index (Phi) is 6.83. The lowest BCUT2D eigenvalue weighted by Crippen LogP contribution is -2.36. The van der Waals surface area contributed by atoms with Gasteiger partial charge in [-0.3, -0.25) is 9.59 Å². The molecule has 0 fully saturated rings. The summed E-state index contributed by atoms with van der Waals surface area (Å²) in [5.74, 6) is -1.95. The molecule has 1 aromatic carbocycles. The number of rotatable bonds is 5. The summed E-state index contributed by atoms with van der Waals surface area (Å²) in [7, 11) is 3.74. The van der Waals surface area contributed by atoms with Gasteiger partial charge in [0.05, 0.1) is 10.6 Å². The van der Waals surface area contributed by atoms with Gasteiger partial charge >= 0.3 is 18.0 Å². The Morgan fingerprint density at radius 2 is 1.87 bits per heavy atom. The van der Waals surface area contributed by atoms with Crippen LogP contribution in [0, 0.1) is 0 Å². The number of hydrogen-bond acceptors (Lipinski definition) is 3. The van der Waals surface area contributed by atoms with E-state index in [1.165, 1.54) is 6.07 Å². The lowest BCUT2D eigenvalue weighted by Gasteiger charge is -2.12. The highest BCUT2D eigenvalue weighted by Gasteiger charge is 2.33. The van der Waals surface area contributed by atoms with Crippen LogP contribution in [0.2, 0.25) is 5.02 Å². The first-order chi connectivity index (χ1) is 10.6. The second kappa shape index (κ2) is 8.16. The smallest absolute Gasteiger partial charge is 0.348 e. The van der Waals surface area contributed by atoms with Gasteiger partial charge in [0, 0.05) is 12.2 Å². The third kappa shape index (κ3) is 6.45. The van der Waals surface area contributed by atoms with Gasteiger partial charge in [0.2, 0.25) is 0 Å². The van der Waals surface area contributed by atoms with Crippen LogP contribution in [0.3, 0.4) is 0 Å². The van der Waals surface area contributed by atoms with E-state index >= 15 is 0 Å². The first-order valence-electron chi connectivity index (χ1n) is 6.72. The van der Waals surface area contributed by atoms with Crippen LogP contribution < -0.4 is 10.6 Å². The maximum absolute atomic E-state index is 12.7. The Bertz CT molecular complexity index is 577. The maximum atomic E-state index is 12.7. The molecule has 0 aliphatic carbocycles. The number of hydrogen-bond donors (Lipinski definition) is 2. The third-order valence-electron chi connectivity index (χ3n) is 2.80. The Hall–Kier alpha value is -1.80. The molecule has 0 radical (unpaired) electrons. The third-order valence-corrected chi connectivity index (χ3v) is 3.13. The van der Waals surface area contributed by atoms with Crippen molar-refractivity contribution in [1.82, 2.24) is 10.2 Å². The van der Waals surface area contributed by atoms with Crippen molar-refractivity contribution in [3.8, 4) is 0 Å². The number of carbonyl (C=O) groups excluding carboxylic acids is 2. The highest BCUT2D eigenvalue weighted by Crippen LogP contribution is 2.36. The molecule has 5 nitrogen and oxygen atoms in total. The van der Waals surface area contributed by atoms with Crippen LogP contribution in [0.25, 0.3) is 0 Å². The minimum atomic E-state index is -4.65. The van der Waals surface area contributed by atoms with E-state index in [9.17, 15) is 22.8 Å². The largest absolute Gasteiger partial charge is 0.417 e. The minimum Gasteiger partial charge on any atom is -0.348 e. The molecule has 0 aromatic heterocycles. The molecule has 0 heterocycles. The number of amides is 2. The molecule has 0 atom stereocenters. The Balaban J connectivity index is 2.62. The second-order valence-electron chi connectivity index (χ2n) is 5.06. The van der Waals surface area contributed by atoms with Gasteiger partial charge in [0.25, 0.3) is 0 Å². The minimum absolute atomic E-state index is 0.157. The number of halogens is 4. The van der Waals surface area contributed by atoms with Crippen molar-refractivity contribution in [3.05, 3.63) is 28.8 Å². The fourth-order valence-corrected chi connectivity index (χ4v) is 1.91. The molecule has 0 aliphatic heterocycles. The van der Waals surface area contributed by atoms with Crippen LogP contribution in [0.4, 0.5) is 18.9 Å². The van der Waals surface area contributed by atoms with E-state index in [2.05, 4.69) is 10.6 Å². The van der Waals surface area contributed by atoms with Crippen molar-refractivity contribution in [2.75, 3.05) is 32.5 Å². The Morgan fingerprint density at radius 1 is 1.22 bits per heavy atom. The summed E-state index contributed by atoms with van der Waals surface area (Å²) in [6, 6.07) is 2.88. The molecule has 2 N–H and O–H groups in total. The normalized spacial score (nSPS) is 11.4. The van der Waals surface area contributed by atoms with E-state index < -0.39 is 28.6 Å². The lowest BCUT2D eigenvalue weighted by molar-refractivity contribution is -0.137. The predicted molar refractivity (Wildman–Crippen MR) is 81.3 cm³/mol. The second-order valence-corrected chi connectivity index (χ2v) is 5.47. The molecule has 0 aliphatic rings. The lowest BCUT2D eigenvalue weighted by atomic mass is 10.2. The van der Waals surface area contributed by atoms with Gasteiger partial charge in [-0.1, -0.05) is 11.6 Å². The zero-order valence-corrected chi connectivity index (χ0v) is 13.4. The molecule has 1 rings (SSSR count). The van der Waals surface area contributed by atoms with Crippen LogP contribution in [0.1, 0.15) is 12.0 Å². The van der Waals surface area contributed by atoms with E-state index in [4.69, 9.17) is 11.6 Å². The average Bonchev–Trinajstić information content (AvgIpc) is 2.43. The summed E-state index contributed by atoms with van der Waals surface area (Å²) in [6.07, 6.45) is -4.00. The number of benzene rings is 1. The zero-order valence-electron chi connectivity index (χ0n) is 12.6. The molecule has 0 saturated carbocycles.